The Morgan fingerprint density at radius 2 is 1.86 bits per heavy atom. The molecule has 4 atom stereocenters. The Labute approximate surface area is 172 Å². The molecular formula is C20H35N3O6. The summed E-state index contributed by atoms with van der Waals surface area (Å²) in [7, 11) is 0. The van der Waals surface area contributed by atoms with Gasteiger partial charge in [0.2, 0.25) is 0 Å². The number of carbonyl (C=O) groups excluding carboxylic acids is 3. The van der Waals surface area contributed by atoms with E-state index in [9.17, 15) is 19.2 Å². The molecule has 0 aromatic carbocycles. The zero-order valence-electron chi connectivity index (χ0n) is 18.1. The third-order valence-electron chi connectivity index (χ3n) is 5.05. The van der Waals surface area contributed by atoms with Crippen LogP contribution >= 0.6 is 0 Å². The van der Waals surface area contributed by atoms with Gasteiger partial charge in [-0.05, 0) is 38.5 Å². The Bertz CT molecular complexity index is 595. The predicted octanol–water partition coefficient (Wildman–Crippen LogP) is 1.47. The van der Waals surface area contributed by atoms with Crippen LogP contribution in [0.2, 0.25) is 0 Å². The number of hydrazine groups is 1. The van der Waals surface area contributed by atoms with Crippen molar-refractivity contribution in [2.24, 2.45) is 11.8 Å². The fourth-order valence-corrected chi connectivity index (χ4v) is 3.27. The van der Waals surface area contributed by atoms with Crippen LogP contribution in [0.15, 0.2) is 0 Å². The Morgan fingerprint density at radius 1 is 1.21 bits per heavy atom. The number of amides is 2. The summed E-state index contributed by atoms with van der Waals surface area (Å²) in [6.45, 7) is 9.32. The van der Waals surface area contributed by atoms with Gasteiger partial charge in [-0.1, -0.05) is 34.1 Å². The molecule has 0 bridgehead atoms. The second-order valence-electron chi connectivity index (χ2n) is 7.88. The third-order valence-corrected chi connectivity index (χ3v) is 5.05. The third kappa shape index (κ3) is 7.30. The van der Waals surface area contributed by atoms with E-state index in [1.165, 1.54) is 11.9 Å². The summed E-state index contributed by atoms with van der Waals surface area (Å²) in [6, 6.07) is -1.72. The smallest absolute Gasteiger partial charge is 0.322 e. The van der Waals surface area contributed by atoms with Crippen LogP contribution in [0, 0.1) is 11.8 Å². The molecule has 0 unspecified atom stereocenters. The van der Waals surface area contributed by atoms with Crippen molar-refractivity contribution in [1.29, 1.82) is 0 Å². The molecule has 1 rings (SSSR count). The van der Waals surface area contributed by atoms with Crippen LogP contribution in [0.5, 0.6) is 0 Å². The quantitative estimate of drug-likeness (QED) is 0.463. The maximum atomic E-state index is 12.7. The Kier molecular flexibility index (Phi) is 10.1. The van der Waals surface area contributed by atoms with E-state index in [1.807, 2.05) is 13.8 Å². The lowest BCUT2D eigenvalue weighted by molar-refractivity contribution is -0.163. The lowest BCUT2D eigenvalue weighted by Gasteiger charge is -2.34. The molecule has 0 aliphatic carbocycles. The number of rotatable bonds is 10. The zero-order chi connectivity index (χ0) is 22.1. The van der Waals surface area contributed by atoms with Crippen molar-refractivity contribution in [3.05, 3.63) is 0 Å². The Morgan fingerprint density at radius 3 is 2.38 bits per heavy atom. The van der Waals surface area contributed by atoms with E-state index in [1.54, 1.807) is 13.8 Å². The van der Waals surface area contributed by atoms with Crippen molar-refractivity contribution in [2.45, 2.75) is 84.9 Å². The normalized spacial score (nSPS) is 19.9. The molecule has 0 saturated carbocycles. The Hall–Kier alpha value is -2.16. The molecule has 9 nitrogen and oxygen atoms in total. The van der Waals surface area contributed by atoms with Gasteiger partial charge in [0.1, 0.15) is 12.1 Å². The minimum atomic E-state index is -1.02. The molecule has 1 aliphatic rings. The lowest BCUT2D eigenvalue weighted by atomic mass is 10.0. The molecule has 166 valence electrons. The molecule has 0 aromatic rings. The van der Waals surface area contributed by atoms with Gasteiger partial charge in [0.25, 0.3) is 11.8 Å². The van der Waals surface area contributed by atoms with Gasteiger partial charge < -0.3 is 15.2 Å². The molecule has 0 spiro atoms. The molecule has 1 saturated heterocycles. The predicted molar refractivity (Wildman–Crippen MR) is 107 cm³/mol. The van der Waals surface area contributed by atoms with E-state index < -0.39 is 41.9 Å². The van der Waals surface area contributed by atoms with E-state index in [2.05, 4.69) is 10.7 Å². The van der Waals surface area contributed by atoms with Crippen molar-refractivity contribution in [2.75, 3.05) is 6.54 Å². The second-order valence-corrected chi connectivity index (χ2v) is 7.88. The first kappa shape index (κ1) is 24.9. The van der Waals surface area contributed by atoms with Gasteiger partial charge in [0.15, 0.2) is 6.10 Å². The van der Waals surface area contributed by atoms with Crippen molar-refractivity contribution >= 4 is 23.8 Å². The summed E-state index contributed by atoms with van der Waals surface area (Å²) in [5.41, 5.74) is 2.68. The fourth-order valence-electron chi connectivity index (χ4n) is 3.27. The SMILES string of the molecule is CCC[C@H](CC)C(=O)O[C@H](C(=O)N[C@@H](C)C(=O)N1CCC[C@@H](C(=O)O)N1)C(C)C. The van der Waals surface area contributed by atoms with Crippen LogP contribution in [0.3, 0.4) is 0 Å². The molecule has 0 aromatic heterocycles. The summed E-state index contributed by atoms with van der Waals surface area (Å²) in [5.74, 6) is -2.90. The number of ether oxygens (including phenoxy) is 1. The van der Waals surface area contributed by atoms with E-state index in [4.69, 9.17) is 9.84 Å². The number of hydrogen-bond acceptors (Lipinski definition) is 6. The molecule has 1 fully saturated rings. The summed E-state index contributed by atoms with van der Waals surface area (Å²) >= 11 is 0. The van der Waals surface area contributed by atoms with E-state index in [0.29, 0.717) is 32.2 Å². The highest BCUT2D eigenvalue weighted by atomic mass is 16.5. The first-order valence-electron chi connectivity index (χ1n) is 10.4. The van der Waals surface area contributed by atoms with Crippen molar-refractivity contribution < 1.29 is 29.0 Å². The molecule has 29 heavy (non-hydrogen) atoms. The standard InChI is InChI=1S/C20H35N3O6/c1-6-9-14(7-2)20(28)29-16(12(3)4)17(24)21-13(5)18(25)23-11-8-10-15(22-23)19(26)27/h12-16,22H,6-11H2,1-5H3,(H,21,24)(H,26,27)/t13-,14-,15-,16-/m0/s1. The summed E-state index contributed by atoms with van der Waals surface area (Å²) in [6.07, 6.45) is 2.17. The van der Waals surface area contributed by atoms with Gasteiger partial charge in [-0.15, -0.1) is 0 Å². The first-order valence-corrected chi connectivity index (χ1v) is 10.4. The molecule has 0 radical (unpaired) electrons. The molecule has 1 heterocycles. The highest BCUT2D eigenvalue weighted by molar-refractivity contribution is 5.90. The minimum absolute atomic E-state index is 0.251. The van der Waals surface area contributed by atoms with Crippen molar-refractivity contribution in [3.8, 4) is 0 Å². The number of hydrogen-bond donors (Lipinski definition) is 3. The van der Waals surface area contributed by atoms with Gasteiger partial charge >= 0.3 is 11.9 Å². The maximum absolute atomic E-state index is 12.7. The maximum Gasteiger partial charge on any atom is 0.322 e. The van der Waals surface area contributed by atoms with Crippen molar-refractivity contribution in [3.63, 3.8) is 0 Å². The lowest BCUT2D eigenvalue weighted by Crippen LogP contribution is -2.60. The number of nitrogens with zero attached hydrogens (tertiary/aromatic N) is 1. The summed E-state index contributed by atoms with van der Waals surface area (Å²) < 4.78 is 5.48. The monoisotopic (exact) mass is 413 g/mol. The van der Waals surface area contributed by atoms with Gasteiger partial charge in [-0.25, -0.2) is 5.43 Å². The average molecular weight is 414 g/mol. The first-order chi connectivity index (χ1) is 13.6. The largest absolute Gasteiger partial charge is 0.480 e. The van der Waals surface area contributed by atoms with Crippen LogP contribution in [0.25, 0.3) is 0 Å². The number of carbonyl (C=O) groups is 4. The minimum Gasteiger partial charge on any atom is -0.480 e. The average Bonchev–Trinajstić information content (AvgIpc) is 2.68. The molecular weight excluding hydrogens is 378 g/mol. The molecule has 9 heteroatoms. The van der Waals surface area contributed by atoms with Gasteiger partial charge in [0, 0.05) is 6.54 Å². The summed E-state index contributed by atoms with van der Waals surface area (Å²) in [4.78, 5) is 48.8. The highest BCUT2D eigenvalue weighted by Crippen LogP contribution is 2.17. The highest BCUT2D eigenvalue weighted by Gasteiger charge is 2.34. The fraction of sp³-hybridized carbons (Fsp3) is 0.800. The number of carboxylic acids is 1. The number of esters is 1. The van der Waals surface area contributed by atoms with Gasteiger partial charge in [-0.3, -0.25) is 24.2 Å². The van der Waals surface area contributed by atoms with E-state index in [-0.39, 0.29) is 11.8 Å². The zero-order valence-corrected chi connectivity index (χ0v) is 18.1. The van der Waals surface area contributed by atoms with Crippen LogP contribution in [-0.2, 0) is 23.9 Å². The van der Waals surface area contributed by atoms with Gasteiger partial charge in [0.05, 0.1) is 5.92 Å². The second kappa shape index (κ2) is 11.7. The van der Waals surface area contributed by atoms with Crippen LogP contribution in [0.4, 0.5) is 0 Å². The van der Waals surface area contributed by atoms with Crippen LogP contribution in [0.1, 0.15) is 66.7 Å². The molecule has 1 aliphatic heterocycles. The van der Waals surface area contributed by atoms with Gasteiger partial charge in [-0.2, -0.15) is 0 Å². The van der Waals surface area contributed by atoms with E-state index >= 15 is 0 Å². The summed E-state index contributed by atoms with van der Waals surface area (Å²) in [5, 5.41) is 13.0. The van der Waals surface area contributed by atoms with E-state index in [0.717, 1.165) is 6.42 Å². The number of nitrogens with one attached hydrogen (secondary N) is 2. The molecule has 2 amide bonds. The van der Waals surface area contributed by atoms with Crippen LogP contribution < -0.4 is 10.7 Å². The molecule has 3 N–H and O–H groups in total. The van der Waals surface area contributed by atoms with Crippen LogP contribution in [-0.4, -0.2) is 58.6 Å². The number of aliphatic carboxylic acids is 1. The van der Waals surface area contributed by atoms with Crippen molar-refractivity contribution in [1.82, 2.24) is 15.8 Å². The number of carboxylic acid groups (broad SMARTS) is 1. The Balaban J connectivity index is 2.72. The topological polar surface area (TPSA) is 125 Å².